The Bertz CT molecular complexity index is 1680. The Balaban J connectivity index is 1.28. The topological polar surface area (TPSA) is 131 Å². The summed E-state index contributed by atoms with van der Waals surface area (Å²) < 4.78 is 98.2. The maximum Gasteiger partial charge on any atom is 0.272 e. The highest BCUT2D eigenvalue weighted by atomic mass is 19.3. The van der Waals surface area contributed by atoms with Crippen LogP contribution in [0, 0.1) is 5.92 Å². The number of nitrogens with zero attached hydrogens (tertiary/aromatic N) is 6. The van der Waals surface area contributed by atoms with Gasteiger partial charge in [-0.2, -0.15) is 5.10 Å². The number of hydrogen-bond donors (Lipinski definition) is 2. The van der Waals surface area contributed by atoms with Crippen molar-refractivity contribution >= 4 is 23.1 Å². The van der Waals surface area contributed by atoms with Crippen molar-refractivity contribution in [2.24, 2.45) is 5.92 Å². The third-order valence-corrected chi connectivity index (χ3v) is 8.08. The minimum atomic E-state index is -3.01. The van der Waals surface area contributed by atoms with Gasteiger partial charge in [-0.05, 0) is 24.1 Å². The number of carbonyl (C=O) groups is 2. The van der Waals surface area contributed by atoms with Crippen molar-refractivity contribution in [3.63, 3.8) is 0 Å². The van der Waals surface area contributed by atoms with Gasteiger partial charge in [0, 0.05) is 43.6 Å². The molecule has 43 heavy (non-hydrogen) atoms. The Morgan fingerprint density at radius 3 is 2.67 bits per heavy atom. The minimum absolute atomic E-state index is 0.0260. The number of rotatable bonds is 7. The van der Waals surface area contributed by atoms with E-state index in [1.165, 1.54) is 28.0 Å². The molecular formula is C27H29F5N8O3. The molecule has 11 nitrogen and oxygen atoms in total. The van der Waals surface area contributed by atoms with Crippen molar-refractivity contribution in [1.29, 1.82) is 0 Å². The number of nitrogen functional groups attached to an aromatic ring is 1. The fraction of sp³-hybridized carbons (Fsp3) is 0.519. The number of nitrogens with one attached hydrogen (secondary N) is 1. The normalized spacial score (nSPS) is 26.0. The largest absolute Gasteiger partial charge is 0.480 e. The molecule has 1 unspecified atom stereocenters. The molecule has 3 N–H and O–H groups in total. The van der Waals surface area contributed by atoms with Gasteiger partial charge < -0.3 is 20.7 Å². The number of ether oxygens (including phenoxy) is 1. The van der Waals surface area contributed by atoms with Crippen LogP contribution in [0.2, 0.25) is 0 Å². The molecule has 16 heteroatoms. The standard InChI is InChI=1S/C27H29F5N8O3/c1-43-24-17(23(41)37-19-10-39(9-18(19)28)25(42)14-2-3-26(29,30)6-14)4-15(7-34-24)20-5-16(8-38-11-27(31,32)12-38)21-22(33)35-13-36-40(20)21/h4-5,7,13-14,18-19H,2-3,6,8-12H2,1H3,(H,37,41)(H2,33,35,36)/t14?,18-,19+/m0/s1/i1D3. The van der Waals surface area contributed by atoms with Crippen LogP contribution in [0.25, 0.3) is 16.8 Å². The lowest BCUT2D eigenvalue weighted by molar-refractivity contribution is -0.135. The lowest BCUT2D eigenvalue weighted by Crippen LogP contribution is -2.55. The number of hydrogen-bond acceptors (Lipinski definition) is 8. The van der Waals surface area contributed by atoms with Gasteiger partial charge in [0.25, 0.3) is 11.8 Å². The van der Waals surface area contributed by atoms with Crippen molar-refractivity contribution in [1.82, 2.24) is 34.7 Å². The summed E-state index contributed by atoms with van der Waals surface area (Å²) in [5.41, 5.74) is 7.08. The zero-order chi connectivity index (χ0) is 33.2. The molecule has 3 aliphatic rings. The van der Waals surface area contributed by atoms with E-state index in [2.05, 4.69) is 20.4 Å². The van der Waals surface area contributed by atoms with E-state index in [0.717, 1.165) is 4.90 Å². The van der Waals surface area contributed by atoms with Crippen LogP contribution in [0.5, 0.6) is 5.88 Å². The molecule has 5 heterocycles. The summed E-state index contributed by atoms with van der Waals surface area (Å²) in [4.78, 5) is 36.9. The molecular weight excluding hydrogens is 579 g/mol. The third kappa shape index (κ3) is 5.55. The molecule has 1 saturated carbocycles. The van der Waals surface area contributed by atoms with E-state index in [9.17, 15) is 27.2 Å². The average molecular weight is 612 g/mol. The SMILES string of the molecule is [2H]C([2H])([2H])Oc1ncc(-c2cc(CN3CC(F)(F)C3)c3c(N)ncnn23)cc1C(=O)N[C@@H]1CN(C(=O)C2CCC(F)(F)C2)C[C@@H]1F. The van der Waals surface area contributed by atoms with Gasteiger partial charge in [-0.15, -0.1) is 0 Å². The zero-order valence-corrected chi connectivity index (χ0v) is 22.6. The van der Waals surface area contributed by atoms with Gasteiger partial charge >= 0.3 is 0 Å². The van der Waals surface area contributed by atoms with Gasteiger partial charge in [-0.3, -0.25) is 14.5 Å². The number of anilines is 1. The summed E-state index contributed by atoms with van der Waals surface area (Å²) in [5.74, 6) is -8.84. The van der Waals surface area contributed by atoms with Crippen molar-refractivity contribution in [2.45, 2.75) is 49.9 Å². The van der Waals surface area contributed by atoms with Gasteiger partial charge in [0.2, 0.25) is 17.7 Å². The quantitative estimate of drug-likeness (QED) is 0.390. The molecule has 1 aliphatic carbocycles. The van der Waals surface area contributed by atoms with E-state index in [1.54, 1.807) is 6.07 Å². The summed E-state index contributed by atoms with van der Waals surface area (Å²) in [6, 6.07) is 1.62. The Morgan fingerprint density at radius 2 is 1.98 bits per heavy atom. The maximum absolute atomic E-state index is 15.1. The fourth-order valence-corrected chi connectivity index (χ4v) is 6.01. The number of alkyl halides is 5. The Morgan fingerprint density at radius 1 is 1.19 bits per heavy atom. The number of carbonyl (C=O) groups excluding carboxylic acids is 2. The number of nitrogens with two attached hydrogens (primary N) is 1. The molecule has 3 aromatic heterocycles. The molecule has 0 bridgehead atoms. The second-order valence-electron chi connectivity index (χ2n) is 11.3. The van der Waals surface area contributed by atoms with E-state index >= 15 is 4.39 Å². The van der Waals surface area contributed by atoms with Crippen molar-refractivity contribution in [2.75, 3.05) is 39.0 Å². The van der Waals surface area contributed by atoms with Crippen molar-refractivity contribution in [3.05, 3.63) is 35.8 Å². The number of halogens is 5. The number of methoxy groups -OCH3 is 1. The highest BCUT2D eigenvalue weighted by Gasteiger charge is 2.46. The Kier molecular flexibility index (Phi) is 6.25. The number of likely N-dealkylation sites (tertiary alicyclic amines) is 2. The summed E-state index contributed by atoms with van der Waals surface area (Å²) in [5, 5.41) is 6.66. The van der Waals surface area contributed by atoms with E-state index in [1.807, 2.05) is 0 Å². The van der Waals surface area contributed by atoms with Crippen molar-refractivity contribution in [3.8, 4) is 17.1 Å². The van der Waals surface area contributed by atoms with E-state index in [0.29, 0.717) is 16.8 Å². The number of pyridine rings is 1. The number of aromatic nitrogens is 4. The number of fused-ring (bicyclic) bond motifs is 1. The van der Waals surface area contributed by atoms with Crippen LogP contribution < -0.4 is 15.8 Å². The van der Waals surface area contributed by atoms with Gasteiger partial charge in [0.1, 0.15) is 23.6 Å². The maximum atomic E-state index is 15.1. The first-order valence-corrected chi connectivity index (χ1v) is 13.5. The molecule has 0 aromatic carbocycles. The highest BCUT2D eigenvalue weighted by Crippen LogP contribution is 2.40. The second-order valence-corrected chi connectivity index (χ2v) is 11.3. The molecule has 0 radical (unpaired) electrons. The lowest BCUT2D eigenvalue weighted by atomic mass is 10.1. The number of amides is 2. The van der Waals surface area contributed by atoms with Gasteiger partial charge in [-0.25, -0.2) is 36.4 Å². The predicted molar refractivity (Wildman–Crippen MR) is 142 cm³/mol. The first kappa shape index (κ1) is 25.4. The average Bonchev–Trinajstić information content (AvgIpc) is 3.61. The van der Waals surface area contributed by atoms with Crippen LogP contribution in [-0.4, -0.2) is 98.5 Å². The summed E-state index contributed by atoms with van der Waals surface area (Å²) in [6.45, 7) is -1.51. The molecule has 2 saturated heterocycles. The summed E-state index contributed by atoms with van der Waals surface area (Å²) in [7, 11) is -3.01. The van der Waals surface area contributed by atoms with Crippen molar-refractivity contribution < 1.29 is 40.4 Å². The first-order valence-electron chi connectivity index (χ1n) is 15.0. The summed E-state index contributed by atoms with van der Waals surface area (Å²) >= 11 is 0. The zero-order valence-electron chi connectivity index (χ0n) is 25.6. The molecule has 2 aliphatic heterocycles. The molecule has 3 fully saturated rings. The lowest BCUT2D eigenvalue weighted by Gasteiger charge is -2.38. The Hall–Kier alpha value is -4.08. The van der Waals surface area contributed by atoms with Crippen LogP contribution in [0.3, 0.4) is 0 Å². The van der Waals surface area contributed by atoms with Gasteiger partial charge in [0.05, 0.1) is 42.5 Å². The Labute approximate surface area is 246 Å². The molecule has 230 valence electrons. The van der Waals surface area contributed by atoms with Crippen LogP contribution in [0.15, 0.2) is 24.7 Å². The van der Waals surface area contributed by atoms with Gasteiger partial charge in [0.15, 0.2) is 5.82 Å². The second kappa shape index (κ2) is 10.6. The molecule has 2 amide bonds. The fourth-order valence-electron chi connectivity index (χ4n) is 6.01. The molecule has 3 aromatic rings. The van der Waals surface area contributed by atoms with E-state index in [-0.39, 0.29) is 36.5 Å². The monoisotopic (exact) mass is 611 g/mol. The van der Waals surface area contributed by atoms with Crippen LogP contribution in [-0.2, 0) is 11.3 Å². The minimum Gasteiger partial charge on any atom is -0.480 e. The smallest absolute Gasteiger partial charge is 0.272 e. The third-order valence-electron chi connectivity index (χ3n) is 8.08. The van der Waals surface area contributed by atoms with E-state index < -0.39 is 87.2 Å². The predicted octanol–water partition coefficient (Wildman–Crippen LogP) is 2.55. The van der Waals surface area contributed by atoms with Crippen LogP contribution >= 0.6 is 0 Å². The van der Waals surface area contributed by atoms with Crippen LogP contribution in [0.1, 0.15) is 39.3 Å². The first-order chi connectivity index (χ1) is 21.5. The van der Waals surface area contributed by atoms with Crippen LogP contribution in [0.4, 0.5) is 27.8 Å². The van der Waals surface area contributed by atoms with E-state index in [4.69, 9.17) is 14.6 Å². The van der Waals surface area contributed by atoms with Gasteiger partial charge in [-0.1, -0.05) is 0 Å². The highest BCUT2D eigenvalue weighted by molar-refractivity contribution is 5.98. The molecule has 0 spiro atoms. The molecule has 6 rings (SSSR count). The summed E-state index contributed by atoms with van der Waals surface area (Å²) in [6.07, 6.45) is -0.434. The molecule has 3 atom stereocenters.